The molecule has 4 aromatic rings. The van der Waals surface area contributed by atoms with Crippen LogP contribution in [0, 0.1) is 0 Å². The van der Waals surface area contributed by atoms with E-state index in [9.17, 15) is 5.11 Å². The van der Waals surface area contributed by atoms with Crippen molar-refractivity contribution in [3.05, 3.63) is 83.4 Å². The number of aromatic hydroxyl groups is 1. The van der Waals surface area contributed by atoms with Gasteiger partial charge in [-0.05, 0) is 41.7 Å². The van der Waals surface area contributed by atoms with Crippen molar-refractivity contribution < 1.29 is 5.11 Å². The third-order valence-electron chi connectivity index (χ3n) is 6.34. The predicted octanol–water partition coefficient (Wildman–Crippen LogP) is 6.75. The number of hydrogen-bond donors (Lipinski definition) is 1. The Labute approximate surface area is 184 Å². The van der Waals surface area contributed by atoms with Gasteiger partial charge >= 0.3 is 0 Å². The molecule has 0 aliphatic carbocycles. The van der Waals surface area contributed by atoms with Crippen LogP contribution in [-0.2, 0) is 5.41 Å². The van der Waals surface area contributed by atoms with Gasteiger partial charge in [-0.15, -0.1) is 15.0 Å². The summed E-state index contributed by atoms with van der Waals surface area (Å²) in [5.41, 5.74) is 5.17. The molecule has 0 bridgehead atoms. The molecule has 4 nitrogen and oxygen atoms in total. The Morgan fingerprint density at radius 1 is 0.935 bits per heavy atom. The van der Waals surface area contributed by atoms with E-state index in [1.165, 1.54) is 18.4 Å². The van der Waals surface area contributed by atoms with Crippen LogP contribution in [0.25, 0.3) is 16.7 Å². The first-order valence-corrected chi connectivity index (χ1v) is 11.2. The Kier molecular flexibility index (Phi) is 5.81. The number of unbranched alkanes of at least 4 members (excludes halogenated alkanes) is 1. The van der Waals surface area contributed by atoms with Gasteiger partial charge in [0.15, 0.2) is 0 Å². The summed E-state index contributed by atoms with van der Waals surface area (Å²) in [4.78, 5) is 1.58. The molecule has 0 aliphatic heterocycles. The van der Waals surface area contributed by atoms with Gasteiger partial charge in [-0.2, -0.15) is 0 Å². The van der Waals surface area contributed by atoms with Gasteiger partial charge in [0.1, 0.15) is 22.5 Å². The Bertz CT molecular complexity index is 1140. The first-order valence-electron chi connectivity index (χ1n) is 11.2. The smallest absolute Gasteiger partial charge is 0.147 e. The minimum atomic E-state index is -0.368. The number of rotatable bonds is 7. The maximum absolute atomic E-state index is 11.4. The molecule has 0 aliphatic rings. The van der Waals surface area contributed by atoms with Crippen LogP contribution in [-0.4, -0.2) is 20.1 Å². The van der Waals surface area contributed by atoms with Gasteiger partial charge in [0, 0.05) is 11.0 Å². The first kappa shape index (κ1) is 21.1. The van der Waals surface area contributed by atoms with Crippen LogP contribution < -0.4 is 0 Å². The van der Waals surface area contributed by atoms with E-state index in [0.717, 1.165) is 28.6 Å². The maximum Gasteiger partial charge on any atom is 0.147 e. The second-order valence-electron chi connectivity index (χ2n) is 8.95. The van der Waals surface area contributed by atoms with E-state index < -0.39 is 0 Å². The molecule has 0 saturated carbocycles. The summed E-state index contributed by atoms with van der Waals surface area (Å²) in [6, 6.07) is 22.4. The Hall–Kier alpha value is -3.14. The molecule has 4 heteroatoms. The number of benzene rings is 3. The van der Waals surface area contributed by atoms with Gasteiger partial charge < -0.3 is 5.11 Å². The number of hydrogen-bond acceptors (Lipinski definition) is 3. The number of phenolic OH excluding ortho intramolecular Hbond substituents is 1. The van der Waals surface area contributed by atoms with E-state index in [1.807, 2.05) is 42.5 Å². The quantitative estimate of drug-likeness (QED) is 0.365. The third kappa shape index (κ3) is 4.07. The molecule has 1 aromatic heterocycles. The summed E-state index contributed by atoms with van der Waals surface area (Å²) in [7, 11) is 0. The Morgan fingerprint density at radius 3 is 2.16 bits per heavy atom. The molecule has 1 unspecified atom stereocenters. The molecule has 0 radical (unpaired) electrons. The van der Waals surface area contributed by atoms with Crippen LogP contribution in [0.3, 0.4) is 0 Å². The summed E-state index contributed by atoms with van der Waals surface area (Å²) in [5.74, 6) is 0.621. The van der Waals surface area contributed by atoms with Crippen molar-refractivity contribution in [1.82, 2.24) is 15.0 Å². The molecular formula is C27H31N3O. The number of aromatic nitrogens is 3. The topological polar surface area (TPSA) is 50.9 Å². The monoisotopic (exact) mass is 413 g/mol. The number of phenols is 1. The van der Waals surface area contributed by atoms with Crippen molar-refractivity contribution in [3.8, 4) is 11.4 Å². The molecule has 160 valence electrons. The van der Waals surface area contributed by atoms with E-state index in [-0.39, 0.29) is 11.2 Å². The zero-order valence-electron chi connectivity index (χ0n) is 18.8. The molecular weight excluding hydrogens is 382 g/mol. The lowest BCUT2D eigenvalue weighted by molar-refractivity contribution is 0.445. The fraction of sp³-hybridized carbons (Fsp3) is 0.333. The third-order valence-corrected chi connectivity index (χ3v) is 6.34. The highest BCUT2D eigenvalue weighted by atomic mass is 16.3. The second-order valence-corrected chi connectivity index (χ2v) is 8.95. The first-order chi connectivity index (χ1) is 14.9. The Balaban J connectivity index is 1.90. The van der Waals surface area contributed by atoms with Gasteiger partial charge in [0.2, 0.25) is 0 Å². The van der Waals surface area contributed by atoms with Crippen LogP contribution in [0.15, 0.2) is 66.7 Å². The van der Waals surface area contributed by atoms with E-state index in [4.69, 9.17) is 0 Å². The minimum Gasteiger partial charge on any atom is -0.505 e. The second kappa shape index (κ2) is 8.54. The molecule has 0 saturated heterocycles. The van der Waals surface area contributed by atoms with Crippen LogP contribution in [0.5, 0.6) is 5.75 Å². The highest BCUT2D eigenvalue weighted by Crippen LogP contribution is 2.42. The van der Waals surface area contributed by atoms with Crippen LogP contribution in [0.1, 0.15) is 69.6 Å². The van der Waals surface area contributed by atoms with E-state index in [0.29, 0.717) is 11.6 Å². The summed E-state index contributed by atoms with van der Waals surface area (Å²) < 4.78 is 0. The van der Waals surface area contributed by atoms with Gasteiger partial charge in [-0.25, -0.2) is 0 Å². The SMILES string of the molecule is CCCCC(C)c1cc(-n2nc3ccccc3n2)c(O)c(C(C)(C)c2ccccc2)c1. The molecule has 0 spiro atoms. The van der Waals surface area contributed by atoms with Gasteiger partial charge in [0.05, 0.1) is 0 Å². The van der Waals surface area contributed by atoms with Crippen molar-refractivity contribution in [2.75, 3.05) is 0 Å². The van der Waals surface area contributed by atoms with Gasteiger partial charge in [0.25, 0.3) is 0 Å². The van der Waals surface area contributed by atoms with E-state index in [2.05, 4.69) is 62.2 Å². The fourth-order valence-electron chi connectivity index (χ4n) is 4.21. The van der Waals surface area contributed by atoms with Crippen LogP contribution in [0.2, 0.25) is 0 Å². The van der Waals surface area contributed by atoms with Crippen LogP contribution in [0.4, 0.5) is 0 Å². The lowest BCUT2D eigenvalue weighted by Crippen LogP contribution is -2.20. The van der Waals surface area contributed by atoms with Crippen LogP contribution >= 0.6 is 0 Å². The van der Waals surface area contributed by atoms with Crippen molar-refractivity contribution in [2.45, 2.75) is 58.3 Å². The van der Waals surface area contributed by atoms with Crippen molar-refractivity contribution >= 4 is 11.0 Å². The Morgan fingerprint density at radius 2 is 1.55 bits per heavy atom. The van der Waals surface area contributed by atoms with Gasteiger partial charge in [-0.1, -0.05) is 89.1 Å². The standard InChI is InChI=1S/C27H31N3O/c1-5-6-12-19(2)20-17-22(27(3,4)21-13-8-7-9-14-21)26(31)25(18-20)30-28-23-15-10-11-16-24(23)29-30/h7-11,13-19,31H,5-6,12H2,1-4H3. The van der Waals surface area contributed by atoms with Gasteiger partial charge in [-0.3, -0.25) is 0 Å². The lowest BCUT2D eigenvalue weighted by Gasteiger charge is -2.29. The summed E-state index contributed by atoms with van der Waals surface area (Å²) in [5, 5.41) is 20.7. The molecule has 0 fully saturated rings. The number of nitrogens with zero attached hydrogens (tertiary/aromatic N) is 3. The van der Waals surface area contributed by atoms with E-state index >= 15 is 0 Å². The fourth-order valence-corrected chi connectivity index (χ4v) is 4.21. The summed E-state index contributed by atoms with van der Waals surface area (Å²) >= 11 is 0. The van der Waals surface area contributed by atoms with Crippen molar-refractivity contribution in [1.29, 1.82) is 0 Å². The highest BCUT2D eigenvalue weighted by molar-refractivity contribution is 5.74. The maximum atomic E-state index is 11.4. The lowest BCUT2D eigenvalue weighted by atomic mass is 9.76. The molecule has 4 rings (SSSR count). The number of fused-ring (bicyclic) bond motifs is 1. The highest BCUT2D eigenvalue weighted by Gasteiger charge is 2.29. The molecule has 1 atom stereocenters. The zero-order valence-corrected chi connectivity index (χ0v) is 18.8. The normalized spacial score (nSPS) is 12.9. The minimum absolute atomic E-state index is 0.237. The van der Waals surface area contributed by atoms with Crippen molar-refractivity contribution in [3.63, 3.8) is 0 Å². The van der Waals surface area contributed by atoms with Crippen molar-refractivity contribution in [2.24, 2.45) is 0 Å². The summed E-state index contributed by atoms with van der Waals surface area (Å²) in [6.07, 6.45) is 3.46. The van der Waals surface area contributed by atoms with E-state index in [1.54, 1.807) is 4.80 Å². The molecule has 1 heterocycles. The largest absolute Gasteiger partial charge is 0.505 e. The average Bonchev–Trinajstić information content (AvgIpc) is 3.22. The zero-order chi connectivity index (χ0) is 22.0. The molecule has 3 aromatic carbocycles. The summed E-state index contributed by atoms with van der Waals surface area (Å²) in [6.45, 7) is 8.81. The molecule has 31 heavy (non-hydrogen) atoms. The molecule has 0 amide bonds. The predicted molar refractivity (Wildman–Crippen MR) is 127 cm³/mol. The average molecular weight is 414 g/mol. The molecule has 1 N–H and O–H groups in total.